The molecule has 2 rings (SSSR count). The number of likely N-dealkylation sites (N-methyl/N-ethyl adjacent to an activating group) is 1. The van der Waals surface area contributed by atoms with Crippen LogP contribution in [0.15, 0.2) is 0 Å². The van der Waals surface area contributed by atoms with Gasteiger partial charge in [0.05, 0.1) is 23.6 Å². The molecule has 1 spiro atoms. The van der Waals surface area contributed by atoms with Gasteiger partial charge in [0, 0.05) is 31.8 Å². The molecule has 0 bridgehead atoms. The fourth-order valence-corrected chi connectivity index (χ4v) is 4.16. The Bertz CT molecular complexity index is 380. The molecule has 0 aromatic rings. The van der Waals surface area contributed by atoms with Crippen LogP contribution in [0.5, 0.6) is 0 Å². The van der Waals surface area contributed by atoms with Crippen molar-refractivity contribution in [3.63, 3.8) is 0 Å². The fourth-order valence-electron chi connectivity index (χ4n) is 3.16. The second-order valence-electron chi connectivity index (χ2n) is 6.13. The van der Waals surface area contributed by atoms with E-state index in [0.717, 1.165) is 0 Å². The van der Waals surface area contributed by atoms with Gasteiger partial charge in [0.25, 0.3) is 0 Å². The topological polar surface area (TPSA) is 59.0 Å². The minimum absolute atomic E-state index is 0.00905. The van der Waals surface area contributed by atoms with Crippen LogP contribution in [0.25, 0.3) is 0 Å². The molecule has 5 nitrogen and oxygen atoms in total. The first kappa shape index (κ1) is 18.5. The standard InChI is InChI=1S/C15H25BrClNO4/c1-2-18(13(19)12(16)3-8-17)11-14(20)4-6-15(7-5-14)21-9-10-22-15/h12,20H,2-11H2,1H3. The van der Waals surface area contributed by atoms with Gasteiger partial charge in [-0.2, -0.15) is 0 Å². The number of halogens is 2. The lowest BCUT2D eigenvalue weighted by atomic mass is 9.81. The molecule has 1 aliphatic heterocycles. The largest absolute Gasteiger partial charge is 0.388 e. The number of alkyl halides is 2. The Labute approximate surface area is 145 Å². The molecule has 0 aromatic carbocycles. The normalized spacial score (nSPS) is 24.4. The van der Waals surface area contributed by atoms with Crippen molar-refractivity contribution in [1.82, 2.24) is 4.90 Å². The van der Waals surface area contributed by atoms with E-state index in [1.807, 2.05) is 6.92 Å². The van der Waals surface area contributed by atoms with Crippen LogP contribution in [0.3, 0.4) is 0 Å². The minimum atomic E-state index is -0.861. The van der Waals surface area contributed by atoms with E-state index in [-0.39, 0.29) is 10.7 Å². The number of hydrogen-bond donors (Lipinski definition) is 1. The molecule has 1 saturated heterocycles. The van der Waals surface area contributed by atoms with E-state index in [1.165, 1.54) is 0 Å². The molecule has 1 amide bonds. The van der Waals surface area contributed by atoms with Crippen molar-refractivity contribution >= 4 is 33.4 Å². The average Bonchev–Trinajstić information content (AvgIpc) is 2.97. The molecule has 0 radical (unpaired) electrons. The monoisotopic (exact) mass is 397 g/mol. The van der Waals surface area contributed by atoms with Gasteiger partial charge < -0.3 is 19.5 Å². The summed E-state index contributed by atoms with van der Waals surface area (Å²) in [6.07, 6.45) is 3.10. The molecule has 0 aromatic heterocycles. The minimum Gasteiger partial charge on any atom is -0.388 e. The van der Waals surface area contributed by atoms with Crippen molar-refractivity contribution in [3.05, 3.63) is 0 Å². The van der Waals surface area contributed by atoms with Crippen molar-refractivity contribution in [3.8, 4) is 0 Å². The number of ether oxygens (including phenoxy) is 2. The summed E-state index contributed by atoms with van der Waals surface area (Å²) in [6, 6.07) is 0. The molecule has 1 N–H and O–H groups in total. The molecule has 2 fully saturated rings. The molecular weight excluding hydrogens is 374 g/mol. The van der Waals surface area contributed by atoms with Gasteiger partial charge in [-0.25, -0.2) is 0 Å². The van der Waals surface area contributed by atoms with Crippen LogP contribution in [0.4, 0.5) is 0 Å². The fraction of sp³-hybridized carbons (Fsp3) is 0.933. The molecule has 1 saturated carbocycles. The van der Waals surface area contributed by atoms with Crippen LogP contribution in [0.2, 0.25) is 0 Å². The highest BCUT2D eigenvalue weighted by molar-refractivity contribution is 9.10. The van der Waals surface area contributed by atoms with Crippen molar-refractivity contribution in [1.29, 1.82) is 0 Å². The number of nitrogens with zero attached hydrogens (tertiary/aromatic N) is 1. The zero-order chi connectivity index (χ0) is 16.2. The van der Waals surface area contributed by atoms with Crippen molar-refractivity contribution < 1.29 is 19.4 Å². The highest BCUT2D eigenvalue weighted by Gasteiger charge is 2.46. The number of aliphatic hydroxyl groups is 1. The van der Waals surface area contributed by atoms with Gasteiger partial charge in [-0.1, -0.05) is 15.9 Å². The summed E-state index contributed by atoms with van der Waals surface area (Å²) in [6.45, 7) is 4.10. The highest BCUT2D eigenvalue weighted by atomic mass is 79.9. The zero-order valence-electron chi connectivity index (χ0n) is 13.0. The summed E-state index contributed by atoms with van der Waals surface area (Å²) < 4.78 is 11.4. The van der Waals surface area contributed by atoms with Gasteiger partial charge in [-0.3, -0.25) is 4.79 Å². The summed E-state index contributed by atoms with van der Waals surface area (Å²) >= 11 is 9.08. The molecule has 128 valence electrons. The summed E-state index contributed by atoms with van der Waals surface area (Å²) in [5, 5.41) is 10.8. The molecule has 7 heteroatoms. The first-order valence-electron chi connectivity index (χ1n) is 7.93. The maximum absolute atomic E-state index is 12.4. The van der Waals surface area contributed by atoms with E-state index >= 15 is 0 Å². The summed E-state index contributed by atoms with van der Waals surface area (Å²) in [4.78, 5) is 13.8. The predicted molar refractivity (Wildman–Crippen MR) is 88.4 cm³/mol. The molecule has 1 aliphatic carbocycles. The predicted octanol–water partition coefficient (Wildman–Crippen LogP) is 2.28. The summed E-state index contributed by atoms with van der Waals surface area (Å²) in [7, 11) is 0. The van der Waals surface area contributed by atoms with E-state index in [0.29, 0.717) is 64.3 Å². The van der Waals surface area contributed by atoms with Crippen molar-refractivity contribution in [2.24, 2.45) is 0 Å². The Morgan fingerprint density at radius 2 is 1.91 bits per heavy atom. The third-order valence-corrected chi connectivity index (χ3v) is 5.63. The lowest BCUT2D eigenvalue weighted by molar-refractivity contribution is -0.204. The van der Waals surface area contributed by atoms with Crippen LogP contribution in [0, 0.1) is 0 Å². The van der Waals surface area contributed by atoms with E-state index in [1.54, 1.807) is 4.90 Å². The first-order chi connectivity index (χ1) is 10.4. The van der Waals surface area contributed by atoms with Gasteiger partial charge in [0.2, 0.25) is 5.91 Å². The third kappa shape index (κ3) is 4.35. The molecule has 2 aliphatic rings. The average molecular weight is 399 g/mol. The number of carbonyl (C=O) groups excluding carboxylic acids is 1. The Hall–Kier alpha value is 0.120. The van der Waals surface area contributed by atoms with Gasteiger partial charge in [0.15, 0.2) is 5.79 Å². The second-order valence-corrected chi connectivity index (χ2v) is 7.61. The molecular formula is C15H25BrClNO4. The number of rotatable bonds is 6. The number of amides is 1. The zero-order valence-corrected chi connectivity index (χ0v) is 15.4. The van der Waals surface area contributed by atoms with Gasteiger partial charge in [-0.15, -0.1) is 11.6 Å². The van der Waals surface area contributed by atoms with E-state index in [2.05, 4.69) is 15.9 Å². The Kier molecular flexibility index (Phi) is 6.54. The van der Waals surface area contributed by atoms with Crippen LogP contribution >= 0.6 is 27.5 Å². The second kappa shape index (κ2) is 7.79. The Balaban J connectivity index is 1.91. The smallest absolute Gasteiger partial charge is 0.236 e. The Morgan fingerprint density at radius 3 is 2.41 bits per heavy atom. The van der Waals surface area contributed by atoms with Crippen LogP contribution < -0.4 is 0 Å². The van der Waals surface area contributed by atoms with Gasteiger partial charge in [0.1, 0.15) is 0 Å². The number of hydrogen-bond acceptors (Lipinski definition) is 4. The maximum Gasteiger partial charge on any atom is 0.236 e. The Morgan fingerprint density at radius 1 is 1.32 bits per heavy atom. The lowest BCUT2D eigenvalue weighted by Gasteiger charge is -2.42. The molecule has 1 heterocycles. The van der Waals surface area contributed by atoms with Crippen LogP contribution in [0.1, 0.15) is 39.0 Å². The van der Waals surface area contributed by atoms with E-state index < -0.39 is 11.4 Å². The quantitative estimate of drug-likeness (QED) is 0.697. The third-order valence-electron chi connectivity index (χ3n) is 4.57. The first-order valence-corrected chi connectivity index (χ1v) is 9.38. The van der Waals surface area contributed by atoms with E-state index in [4.69, 9.17) is 21.1 Å². The van der Waals surface area contributed by atoms with Crippen LogP contribution in [-0.2, 0) is 14.3 Å². The lowest BCUT2D eigenvalue weighted by Crippen LogP contribution is -2.52. The molecule has 1 atom stereocenters. The molecule has 1 unspecified atom stereocenters. The SMILES string of the molecule is CCN(CC1(O)CCC2(CC1)OCCO2)C(=O)C(Br)CCCl. The van der Waals surface area contributed by atoms with E-state index in [9.17, 15) is 9.90 Å². The maximum atomic E-state index is 12.4. The van der Waals surface area contributed by atoms with Gasteiger partial charge >= 0.3 is 0 Å². The summed E-state index contributed by atoms with van der Waals surface area (Å²) in [5.41, 5.74) is -0.861. The van der Waals surface area contributed by atoms with Crippen LogP contribution in [-0.4, -0.2) is 64.3 Å². The summed E-state index contributed by atoms with van der Waals surface area (Å²) in [5.74, 6) is -0.0740. The highest BCUT2D eigenvalue weighted by Crippen LogP contribution is 2.40. The molecule has 22 heavy (non-hydrogen) atoms. The van der Waals surface area contributed by atoms with Gasteiger partial charge in [-0.05, 0) is 26.2 Å². The number of carbonyl (C=O) groups is 1. The van der Waals surface area contributed by atoms with Crippen molar-refractivity contribution in [2.75, 3.05) is 32.2 Å². The van der Waals surface area contributed by atoms with Crippen molar-refractivity contribution in [2.45, 2.75) is 55.2 Å².